The normalized spacial score (nSPS) is 11.5. The van der Waals surface area contributed by atoms with E-state index in [1.54, 1.807) is 21.3 Å². The Kier molecular flexibility index (Phi) is 34.1. The topological polar surface area (TPSA) is 27.7 Å². The van der Waals surface area contributed by atoms with Crippen molar-refractivity contribution in [1.29, 1.82) is 0 Å². The van der Waals surface area contributed by atoms with E-state index in [0.717, 1.165) is 25.3 Å². The Hall–Kier alpha value is 0.0269. The fraction of sp³-hybridized carbons (Fsp3) is 1.00. The summed E-state index contributed by atoms with van der Waals surface area (Å²) in [5.74, 6) is 0. The molecule has 0 N–H and O–H groups in total. The van der Waals surface area contributed by atoms with Gasteiger partial charge in [0.2, 0.25) is 0 Å². The summed E-state index contributed by atoms with van der Waals surface area (Å²) in [6, 6.07) is 0.936. The number of hydrogen-bond donors (Lipinski definition) is 0. The average molecular weight is 521 g/mol. The molecule has 0 fully saturated rings. The van der Waals surface area contributed by atoms with E-state index in [1.807, 2.05) is 0 Å². The molecule has 35 heavy (non-hydrogen) atoms. The van der Waals surface area contributed by atoms with Crippen molar-refractivity contribution in [3.63, 3.8) is 0 Å². The molecule has 0 aliphatic heterocycles. The minimum absolute atomic E-state index is 0.127. The Morgan fingerprint density at radius 3 is 0.914 bits per heavy atom. The lowest BCUT2D eigenvalue weighted by Crippen LogP contribution is -2.42. The van der Waals surface area contributed by atoms with Crippen molar-refractivity contribution in [2.24, 2.45) is 0 Å². The van der Waals surface area contributed by atoms with Gasteiger partial charge in [-0.15, -0.1) is 0 Å². The van der Waals surface area contributed by atoms with E-state index in [9.17, 15) is 4.39 Å². The Morgan fingerprint density at radius 1 is 0.400 bits per heavy atom. The van der Waals surface area contributed by atoms with E-state index in [1.165, 1.54) is 128 Å². The number of hydrogen-bond acceptors (Lipinski definition) is 3. The third-order valence-corrected chi connectivity index (χ3v) is 9.84. The first-order chi connectivity index (χ1) is 17.2. The highest BCUT2D eigenvalue weighted by molar-refractivity contribution is 6.60. The van der Waals surface area contributed by atoms with Gasteiger partial charge in [0.25, 0.3) is 0 Å². The van der Waals surface area contributed by atoms with Gasteiger partial charge in [-0.05, 0) is 12.8 Å². The third-order valence-electron chi connectivity index (χ3n) is 7.01. The molecule has 0 saturated carbocycles. The van der Waals surface area contributed by atoms with Crippen LogP contribution in [0.4, 0.5) is 4.39 Å². The second-order valence-electron chi connectivity index (χ2n) is 10.2. The van der Waals surface area contributed by atoms with Gasteiger partial charge in [0, 0.05) is 27.4 Å². The Balaban J connectivity index is 0. The minimum atomic E-state index is -2.30. The summed E-state index contributed by atoms with van der Waals surface area (Å²) in [5.41, 5.74) is 0. The molecule has 0 amide bonds. The average Bonchev–Trinajstić information content (AvgIpc) is 2.89. The fourth-order valence-electron chi connectivity index (χ4n) is 4.50. The number of rotatable bonds is 27. The Labute approximate surface area is 222 Å². The van der Waals surface area contributed by atoms with Crippen LogP contribution >= 0.6 is 0 Å². The highest BCUT2D eigenvalue weighted by atomic mass is 28.4. The number of unbranched alkanes of at least 4 members (excludes halogenated alkanes) is 21. The molecular weight excluding hydrogens is 455 g/mol. The van der Waals surface area contributed by atoms with Crippen molar-refractivity contribution in [2.45, 2.75) is 168 Å². The van der Waals surface area contributed by atoms with Crippen LogP contribution in [0.25, 0.3) is 0 Å². The van der Waals surface area contributed by atoms with Crippen LogP contribution in [0.2, 0.25) is 6.04 Å². The van der Waals surface area contributed by atoms with Crippen LogP contribution in [-0.2, 0) is 13.3 Å². The third kappa shape index (κ3) is 28.4. The first-order valence-corrected chi connectivity index (χ1v) is 17.3. The largest absolute Gasteiger partial charge is 0.500 e. The van der Waals surface area contributed by atoms with Crippen molar-refractivity contribution >= 4 is 8.80 Å². The zero-order chi connectivity index (χ0) is 26.3. The van der Waals surface area contributed by atoms with Gasteiger partial charge < -0.3 is 13.3 Å². The quantitative estimate of drug-likeness (QED) is 0.0796. The first kappa shape index (κ1) is 37.2. The molecule has 0 atom stereocenters. The van der Waals surface area contributed by atoms with Gasteiger partial charge >= 0.3 is 8.80 Å². The second kappa shape index (κ2) is 32.1. The van der Waals surface area contributed by atoms with Crippen molar-refractivity contribution < 1.29 is 17.7 Å². The van der Waals surface area contributed by atoms with Crippen LogP contribution in [0.1, 0.15) is 162 Å². The monoisotopic (exact) mass is 520 g/mol. The van der Waals surface area contributed by atoms with Crippen LogP contribution < -0.4 is 0 Å². The van der Waals surface area contributed by atoms with Gasteiger partial charge in [-0.2, -0.15) is 0 Å². The summed E-state index contributed by atoms with van der Waals surface area (Å²) in [7, 11) is 2.75. The van der Waals surface area contributed by atoms with E-state index < -0.39 is 8.80 Å². The molecular formula is C30H65FO3Si. The lowest BCUT2D eigenvalue weighted by atomic mass is 10.0. The molecule has 0 rings (SSSR count). The SMILES string of the molecule is CCCCCCCCCCCCCCCCCF.CCCCCCCCCC[Si](OC)(OC)OC. The molecule has 0 aromatic heterocycles. The van der Waals surface area contributed by atoms with Crippen molar-refractivity contribution in [1.82, 2.24) is 0 Å². The van der Waals surface area contributed by atoms with Gasteiger partial charge in [0.05, 0.1) is 6.67 Å². The summed E-state index contributed by atoms with van der Waals surface area (Å²) < 4.78 is 28.0. The minimum Gasteiger partial charge on any atom is -0.377 e. The molecule has 0 unspecified atom stereocenters. The molecule has 5 heteroatoms. The van der Waals surface area contributed by atoms with E-state index in [2.05, 4.69) is 13.8 Å². The summed E-state index contributed by atoms with van der Waals surface area (Å²) in [4.78, 5) is 0. The molecule has 0 aromatic rings. The molecule has 0 radical (unpaired) electrons. The van der Waals surface area contributed by atoms with Gasteiger partial charge in [0.15, 0.2) is 0 Å². The maximum atomic E-state index is 11.8. The number of halogens is 1. The van der Waals surface area contributed by atoms with E-state index in [-0.39, 0.29) is 6.67 Å². The molecule has 0 aliphatic carbocycles. The zero-order valence-electron chi connectivity index (χ0n) is 24.8. The summed E-state index contributed by atoms with van der Waals surface area (Å²) in [6.45, 7) is 4.40. The molecule has 0 bridgehead atoms. The van der Waals surface area contributed by atoms with E-state index >= 15 is 0 Å². The molecule has 0 aliphatic rings. The smallest absolute Gasteiger partial charge is 0.377 e. The Bertz CT molecular complexity index is 343. The van der Waals surface area contributed by atoms with E-state index in [0.29, 0.717) is 0 Å². The fourth-order valence-corrected chi connectivity index (χ4v) is 6.29. The lowest BCUT2D eigenvalue weighted by molar-refractivity contribution is 0.122. The van der Waals surface area contributed by atoms with Crippen LogP contribution in [-0.4, -0.2) is 36.8 Å². The molecule has 0 heterocycles. The summed E-state index contributed by atoms with van der Waals surface area (Å²) in [6.07, 6.45) is 30.6. The summed E-state index contributed by atoms with van der Waals surface area (Å²) in [5, 5.41) is 0. The molecule has 3 nitrogen and oxygen atoms in total. The molecule has 0 aromatic carbocycles. The van der Waals surface area contributed by atoms with Gasteiger partial charge in [-0.3, -0.25) is 4.39 Å². The van der Waals surface area contributed by atoms with Gasteiger partial charge in [0.1, 0.15) is 0 Å². The van der Waals surface area contributed by atoms with Crippen LogP contribution in [0, 0.1) is 0 Å². The molecule has 0 spiro atoms. The predicted octanol–water partition coefficient (Wildman–Crippen LogP) is 10.8. The van der Waals surface area contributed by atoms with Crippen molar-refractivity contribution in [3.05, 3.63) is 0 Å². The highest BCUT2D eigenvalue weighted by Gasteiger charge is 2.36. The first-order valence-electron chi connectivity index (χ1n) is 15.4. The second-order valence-corrected chi connectivity index (χ2v) is 13.2. The Morgan fingerprint density at radius 2 is 0.657 bits per heavy atom. The molecule has 0 saturated heterocycles. The predicted molar refractivity (Wildman–Crippen MR) is 155 cm³/mol. The maximum Gasteiger partial charge on any atom is 0.500 e. The highest BCUT2D eigenvalue weighted by Crippen LogP contribution is 2.18. The van der Waals surface area contributed by atoms with Crippen molar-refractivity contribution in [3.8, 4) is 0 Å². The van der Waals surface area contributed by atoms with Gasteiger partial charge in [-0.1, -0.05) is 149 Å². The maximum absolute atomic E-state index is 11.8. The van der Waals surface area contributed by atoms with Crippen LogP contribution in [0.3, 0.4) is 0 Å². The zero-order valence-corrected chi connectivity index (χ0v) is 25.8. The van der Waals surface area contributed by atoms with Crippen LogP contribution in [0.15, 0.2) is 0 Å². The standard InChI is InChI=1S/C17H35F.C13H30O3Si/c1-2-3-4-5-6-7-8-9-10-11-12-13-14-15-16-17-18;1-5-6-7-8-9-10-11-12-13-17(14-2,15-3)16-4/h2-17H2,1H3;5-13H2,1-4H3. The van der Waals surface area contributed by atoms with Crippen molar-refractivity contribution in [2.75, 3.05) is 28.0 Å². The molecule has 214 valence electrons. The lowest BCUT2D eigenvalue weighted by Gasteiger charge is -2.24. The summed E-state index contributed by atoms with van der Waals surface area (Å²) >= 11 is 0. The van der Waals surface area contributed by atoms with Gasteiger partial charge in [-0.25, -0.2) is 0 Å². The number of alkyl halides is 1. The van der Waals surface area contributed by atoms with Crippen LogP contribution in [0.5, 0.6) is 0 Å². The van der Waals surface area contributed by atoms with E-state index in [4.69, 9.17) is 13.3 Å².